The first-order valence-electron chi connectivity index (χ1n) is 22.8. The number of nitrogens with zero attached hydrogens (tertiary/aromatic N) is 9. The van der Waals surface area contributed by atoms with Gasteiger partial charge in [0, 0.05) is 61.8 Å². The Balaban J connectivity index is 0.000000199. The summed E-state index contributed by atoms with van der Waals surface area (Å²) in [5.41, 5.74) is -1.03. The number of nitrogens with one attached hydrogen (secondary N) is 5. The number of rotatable bonds is 14. The summed E-state index contributed by atoms with van der Waals surface area (Å²) in [6.45, 7) is 16.1. The molecule has 0 aromatic carbocycles. The van der Waals surface area contributed by atoms with Gasteiger partial charge >= 0.3 is 0 Å². The van der Waals surface area contributed by atoms with E-state index >= 15 is 0 Å². The lowest BCUT2D eigenvalue weighted by atomic mass is 10.1. The van der Waals surface area contributed by atoms with Gasteiger partial charge in [-0.3, -0.25) is 9.59 Å². The molecule has 20 heteroatoms. The Morgan fingerprint density at radius 1 is 0.642 bits per heavy atom. The Hall–Kier alpha value is -6.48. The van der Waals surface area contributed by atoms with Crippen LogP contribution in [-0.4, -0.2) is 124 Å². The number of piperidine rings is 2. The van der Waals surface area contributed by atoms with Crippen molar-refractivity contribution < 1.29 is 19.7 Å². The number of hydrogen-bond acceptors (Lipinski definition) is 18. The number of pyridine rings is 4. The van der Waals surface area contributed by atoms with Crippen LogP contribution in [-0.2, 0) is 13.1 Å². The zero-order valence-electron chi connectivity index (χ0n) is 39.5. The van der Waals surface area contributed by atoms with E-state index in [1.807, 2.05) is 65.8 Å². The summed E-state index contributed by atoms with van der Waals surface area (Å²) in [4.78, 5) is 54.9. The maximum atomic E-state index is 13.1. The molecule has 67 heavy (non-hydrogen) atoms. The predicted molar refractivity (Wildman–Crippen MR) is 261 cm³/mol. The molecule has 2 fully saturated rings. The number of ether oxygens (including phenoxy) is 2. The van der Waals surface area contributed by atoms with E-state index in [-0.39, 0.29) is 60.7 Å². The first-order valence-corrected chi connectivity index (χ1v) is 22.8. The molecule has 0 spiro atoms. The molecule has 0 atom stereocenters. The number of likely N-dealkylation sites (tertiary alicyclic amines) is 1. The van der Waals surface area contributed by atoms with Crippen LogP contribution in [0.2, 0.25) is 0 Å². The Labute approximate surface area is 389 Å². The molecule has 2 aliphatic rings. The third-order valence-corrected chi connectivity index (χ3v) is 10.9. The summed E-state index contributed by atoms with van der Waals surface area (Å²) in [6, 6.07) is 10.8. The standard InChI is InChI=1S/C24H33N7O3.C23H31N7O3/c1-24(2,3)29-22-21-16(5-10-31(11-12-32)23(21)33)13-19(28-22)27-18-14-20(26-15-25-18)34-17-6-8-30(4)9-7-17;1-23(2,3)29-21-20-15(6-9-30(10-11-31)22(20)32)12-18(28-21)27-17-13-19(26-14-25-17)33-16-4-7-24-8-5-16/h5,10,13-15,17,32H,6-9,11-12H2,1-4H3,(H2,25,26,27,28,29);6,9,12-14,16,24,31H,4-5,7-8,10-11H2,1-3H3,(H2,25,26,27,28,29). The van der Waals surface area contributed by atoms with Crippen LogP contribution in [0.4, 0.5) is 34.9 Å². The second kappa shape index (κ2) is 21.4. The Morgan fingerprint density at radius 3 is 1.49 bits per heavy atom. The van der Waals surface area contributed by atoms with E-state index in [4.69, 9.17) is 14.5 Å². The highest BCUT2D eigenvalue weighted by atomic mass is 16.5. The normalized spacial score (nSPS) is 15.2. The summed E-state index contributed by atoms with van der Waals surface area (Å²) in [5.74, 6) is 4.17. The highest BCUT2D eigenvalue weighted by Gasteiger charge is 2.22. The number of aliphatic hydroxyl groups is 2. The molecule has 0 amide bonds. The van der Waals surface area contributed by atoms with Gasteiger partial charge in [0.05, 0.1) is 24.0 Å². The van der Waals surface area contributed by atoms with Crippen LogP contribution in [0.15, 0.2) is 71.0 Å². The van der Waals surface area contributed by atoms with Crippen molar-refractivity contribution in [2.75, 3.05) is 67.7 Å². The van der Waals surface area contributed by atoms with E-state index in [1.54, 1.807) is 24.5 Å². The summed E-state index contributed by atoms with van der Waals surface area (Å²) < 4.78 is 15.1. The van der Waals surface area contributed by atoms with Gasteiger partial charge in [-0.1, -0.05) is 0 Å². The molecular formula is C47H64N14O6. The Bertz CT molecular complexity index is 2740. The Kier molecular flexibility index (Phi) is 15.5. The highest BCUT2D eigenvalue weighted by Crippen LogP contribution is 2.29. The van der Waals surface area contributed by atoms with Crippen molar-refractivity contribution >= 4 is 56.5 Å². The van der Waals surface area contributed by atoms with Gasteiger partial charge in [-0.25, -0.2) is 29.9 Å². The molecule has 6 aromatic rings. The van der Waals surface area contributed by atoms with Gasteiger partial charge in [-0.05, 0) is 122 Å². The molecule has 8 heterocycles. The quantitative estimate of drug-likeness (QED) is 0.0771. The summed E-state index contributed by atoms with van der Waals surface area (Å²) in [7, 11) is 2.12. The van der Waals surface area contributed by atoms with Crippen LogP contribution in [0.1, 0.15) is 67.2 Å². The lowest BCUT2D eigenvalue weighted by Gasteiger charge is -2.28. The van der Waals surface area contributed by atoms with E-state index in [0.717, 1.165) is 62.6 Å². The smallest absolute Gasteiger partial charge is 0.262 e. The maximum Gasteiger partial charge on any atom is 0.262 e. The molecule has 20 nitrogen and oxygen atoms in total. The van der Waals surface area contributed by atoms with Crippen LogP contribution in [0.3, 0.4) is 0 Å². The molecule has 358 valence electrons. The lowest BCUT2D eigenvalue weighted by Crippen LogP contribution is -2.35. The molecular weight excluding hydrogens is 857 g/mol. The zero-order valence-corrected chi connectivity index (χ0v) is 39.5. The number of hydrogen-bond donors (Lipinski definition) is 7. The first kappa shape index (κ1) is 48.5. The fraction of sp³-hybridized carbons (Fsp3) is 0.489. The highest BCUT2D eigenvalue weighted by molar-refractivity contribution is 5.94. The van der Waals surface area contributed by atoms with Crippen LogP contribution >= 0.6 is 0 Å². The number of anilines is 6. The zero-order chi connectivity index (χ0) is 47.7. The van der Waals surface area contributed by atoms with E-state index in [9.17, 15) is 19.8 Å². The first-order chi connectivity index (χ1) is 32.0. The predicted octanol–water partition coefficient (Wildman–Crippen LogP) is 4.87. The number of fused-ring (bicyclic) bond motifs is 2. The van der Waals surface area contributed by atoms with Gasteiger partial charge in [-0.15, -0.1) is 0 Å². The molecule has 0 saturated carbocycles. The van der Waals surface area contributed by atoms with Crippen LogP contribution in [0, 0.1) is 0 Å². The topological polar surface area (TPSA) is 244 Å². The van der Waals surface area contributed by atoms with E-state index in [2.05, 4.69) is 63.5 Å². The minimum Gasteiger partial charge on any atom is -0.474 e. The molecule has 8 rings (SSSR count). The molecule has 0 bridgehead atoms. The van der Waals surface area contributed by atoms with Gasteiger partial charge in [0.15, 0.2) is 0 Å². The maximum absolute atomic E-state index is 13.1. The fourth-order valence-corrected chi connectivity index (χ4v) is 7.76. The molecule has 7 N–H and O–H groups in total. The molecule has 6 aromatic heterocycles. The average molecular weight is 921 g/mol. The second-order valence-corrected chi connectivity index (χ2v) is 18.9. The van der Waals surface area contributed by atoms with Gasteiger partial charge in [0.2, 0.25) is 11.8 Å². The molecule has 0 aliphatic carbocycles. The molecule has 0 unspecified atom stereocenters. The molecule has 0 radical (unpaired) electrons. The van der Waals surface area contributed by atoms with Crippen LogP contribution < -0.4 is 47.2 Å². The second-order valence-electron chi connectivity index (χ2n) is 18.9. The fourth-order valence-electron chi connectivity index (χ4n) is 7.76. The number of aromatic nitrogens is 8. The van der Waals surface area contributed by atoms with Crippen molar-refractivity contribution in [2.45, 2.75) is 104 Å². The van der Waals surface area contributed by atoms with E-state index in [1.165, 1.54) is 21.8 Å². The minimum absolute atomic E-state index is 0.115. The summed E-state index contributed by atoms with van der Waals surface area (Å²) in [5, 5.41) is 37.4. The van der Waals surface area contributed by atoms with Crippen LogP contribution in [0.5, 0.6) is 11.8 Å². The van der Waals surface area contributed by atoms with Gasteiger partial charge < -0.3 is 60.3 Å². The van der Waals surface area contributed by atoms with Gasteiger partial charge in [-0.2, -0.15) is 0 Å². The Morgan fingerprint density at radius 2 is 1.07 bits per heavy atom. The van der Waals surface area contributed by atoms with Crippen LogP contribution in [0.25, 0.3) is 21.5 Å². The van der Waals surface area contributed by atoms with E-state index < -0.39 is 0 Å². The number of aliphatic hydroxyl groups excluding tert-OH is 2. The molecule has 2 aliphatic heterocycles. The van der Waals surface area contributed by atoms with Crippen molar-refractivity contribution in [3.8, 4) is 11.8 Å². The van der Waals surface area contributed by atoms with Crippen molar-refractivity contribution in [1.82, 2.24) is 49.3 Å². The van der Waals surface area contributed by atoms with Crippen molar-refractivity contribution in [3.63, 3.8) is 0 Å². The minimum atomic E-state index is -0.313. The van der Waals surface area contributed by atoms with Gasteiger partial charge in [0.25, 0.3) is 11.1 Å². The summed E-state index contributed by atoms with van der Waals surface area (Å²) >= 11 is 0. The van der Waals surface area contributed by atoms with Crippen molar-refractivity contribution in [3.05, 3.63) is 82.2 Å². The van der Waals surface area contributed by atoms with Crippen molar-refractivity contribution in [1.29, 1.82) is 0 Å². The molecule has 2 saturated heterocycles. The third kappa shape index (κ3) is 13.3. The average Bonchev–Trinajstić information content (AvgIpc) is 3.26. The largest absolute Gasteiger partial charge is 0.474 e. The summed E-state index contributed by atoms with van der Waals surface area (Å²) in [6.07, 6.45) is 10.4. The van der Waals surface area contributed by atoms with Crippen molar-refractivity contribution in [2.24, 2.45) is 0 Å². The third-order valence-electron chi connectivity index (χ3n) is 10.9. The van der Waals surface area contributed by atoms with E-state index in [0.29, 0.717) is 57.4 Å². The SMILES string of the molecule is CC(C)(C)Nc1nc(Nc2cc(OC3CCNCC3)ncn2)cc2ccn(CCO)c(=O)c12.CN1CCC(Oc2cc(Nc3cc4ccn(CCO)c(=O)c4c(NC(C)(C)C)n3)ncn2)CC1. The van der Waals surface area contributed by atoms with Gasteiger partial charge in [0.1, 0.15) is 59.8 Å². The monoisotopic (exact) mass is 921 g/mol. The lowest BCUT2D eigenvalue weighted by molar-refractivity contribution is 0.110.